The summed E-state index contributed by atoms with van der Waals surface area (Å²) in [6.07, 6.45) is 3.41. The van der Waals surface area contributed by atoms with Crippen molar-refractivity contribution >= 4 is 5.97 Å². The van der Waals surface area contributed by atoms with Gasteiger partial charge >= 0.3 is 5.97 Å². The van der Waals surface area contributed by atoms with E-state index in [0.29, 0.717) is 13.0 Å². The largest absolute Gasteiger partial charge is 0.461 e. The first-order chi connectivity index (χ1) is 6.25. The Balaban J connectivity index is 1.76. The number of hydrogen-bond donors (Lipinski definition) is 2. The normalized spacial score (nSPS) is 34.2. The van der Waals surface area contributed by atoms with Crippen molar-refractivity contribution in [1.82, 2.24) is 5.32 Å². The highest BCUT2D eigenvalue weighted by Crippen LogP contribution is 2.23. The smallest absolute Gasteiger partial charge is 0.323 e. The number of aliphatic hydroxyl groups excluding tert-OH is 1. The molecule has 0 spiro atoms. The van der Waals surface area contributed by atoms with E-state index in [1.807, 2.05) is 0 Å². The Bertz CT molecular complexity index is 203. The fourth-order valence-electron chi connectivity index (χ4n) is 1.63. The van der Waals surface area contributed by atoms with E-state index >= 15 is 0 Å². The van der Waals surface area contributed by atoms with Crippen LogP contribution in [0.4, 0.5) is 0 Å². The monoisotopic (exact) mass is 185 g/mol. The number of hydrogen-bond acceptors (Lipinski definition) is 4. The zero-order valence-electron chi connectivity index (χ0n) is 7.53. The van der Waals surface area contributed by atoms with E-state index in [0.717, 1.165) is 12.8 Å². The Morgan fingerprint density at radius 3 is 2.69 bits per heavy atom. The van der Waals surface area contributed by atoms with Crippen molar-refractivity contribution in [3.63, 3.8) is 0 Å². The molecule has 1 saturated heterocycles. The molecule has 2 atom stereocenters. The summed E-state index contributed by atoms with van der Waals surface area (Å²) >= 11 is 0. The van der Waals surface area contributed by atoms with E-state index in [1.165, 1.54) is 6.42 Å². The van der Waals surface area contributed by atoms with Crippen LogP contribution in [0.1, 0.15) is 25.7 Å². The Morgan fingerprint density at radius 1 is 1.46 bits per heavy atom. The van der Waals surface area contributed by atoms with Gasteiger partial charge in [0.25, 0.3) is 0 Å². The molecule has 74 valence electrons. The molecule has 0 aromatic heterocycles. The van der Waals surface area contributed by atoms with E-state index in [9.17, 15) is 9.90 Å². The molecule has 0 amide bonds. The Morgan fingerprint density at radius 2 is 2.23 bits per heavy atom. The van der Waals surface area contributed by atoms with Crippen LogP contribution in [0.15, 0.2) is 0 Å². The number of carbonyl (C=O) groups is 1. The Labute approximate surface area is 77.3 Å². The zero-order chi connectivity index (χ0) is 9.26. The average Bonchev–Trinajstić information content (AvgIpc) is 2.44. The maximum Gasteiger partial charge on any atom is 0.323 e. The van der Waals surface area contributed by atoms with Gasteiger partial charge in [-0.05, 0) is 19.3 Å². The van der Waals surface area contributed by atoms with Crippen molar-refractivity contribution in [2.24, 2.45) is 0 Å². The number of aliphatic hydroxyl groups is 1. The molecular weight excluding hydrogens is 170 g/mol. The first-order valence-corrected chi connectivity index (χ1v) is 4.87. The van der Waals surface area contributed by atoms with Crippen LogP contribution < -0.4 is 5.32 Å². The molecule has 1 aliphatic heterocycles. The van der Waals surface area contributed by atoms with Crippen LogP contribution >= 0.6 is 0 Å². The summed E-state index contributed by atoms with van der Waals surface area (Å²) in [5.41, 5.74) is 0. The third-order valence-electron chi connectivity index (χ3n) is 2.73. The van der Waals surface area contributed by atoms with Gasteiger partial charge < -0.3 is 15.2 Å². The summed E-state index contributed by atoms with van der Waals surface area (Å²) in [7, 11) is 0. The van der Waals surface area contributed by atoms with Gasteiger partial charge in [0.1, 0.15) is 12.1 Å². The number of β-amino-alcohol motifs (C(OH)–C–C–N with tert-alkyl or cyclic N) is 1. The average molecular weight is 185 g/mol. The van der Waals surface area contributed by atoms with Crippen molar-refractivity contribution in [3.8, 4) is 0 Å². The van der Waals surface area contributed by atoms with Gasteiger partial charge in [-0.2, -0.15) is 0 Å². The first-order valence-electron chi connectivity index (χ1n) is 4.87. The fourth-order valence-corrected chi connectivity index (χ4v) is 1.63. The van der Waals surface area contributed by atoms with Crippen LogP contribution in [0.5, 0.6) is 0 Å². The molecule has 0 bridgehead atoms. The van der Waals surface area contributed by atoms with Gasteiger partial charge in [0, 0.05) is 13.0 Å². The molecule has 0 radical (unpaired) electrons. The second-order valence-corrected chi connectivity index (χ2v) is 3.84. The third kappa shape index (κ3) is 2.00. The van der Waals surface area contributed by atoms with Crippen LogP contribution in [0.3, 0.4) is 0 Å². The molecule has 4 nitrogen and oxygen atoms in total. The summed E-state index contributed by atoms with van der Waals surface area (Å²) in [4.78, 5) is 11.4. The van der Waals surface area contributed by atoms with Crippen LogP contribution in [0.2, 0.25) is 0 Å². The molecule has 2 N–H and O–H groups in total. The zero-order valence-corrected chi connectivity index (χ0v) is 7.53. The van der Waals surface area contributed by atoms with Gasteiger partial charge in [-0.15, -0.1) is 0 Å². The third-order valence-corrected chi connectivity index (χ3v) is 2.73. The molecule has 2 aliphatic rings. The van der Waals surface area contributed by atoms with E-state index in [1.54, 1.807) is 0 Å². The van der Waals surface area contributed by atoms with Crippen molar-refractivity contribution in [2.45, 2.75) is 43.9 Å². The summed E-state index contributed by atoms with van der Waals surface area (Å²) < 4.78 is 5.21. The van der Waals surface area contributed by atoms with Crippen LogP contribution in [-0.2, 0) is 9.53 Å². The van der Waals surface area contributed by atoms with Crippen LogP contribution in [0, 0.1) is 0 Å². The Kier molecular flexibility index (Phi) is 2.51. The molecule has 1 aliphatic carbocycles. The minimum Gasteiger partial charge on any atom is -0.461 e. The maximum absolute atomic E-state index is 11.4. The van der Waals surface area contributed by atoms with Crippen molar-refractivity contribution < 1.29 is 14.6 Å². The fraction of sp³-hybridized carbons (Fsp3) is 0.889. The van der Waals surface area contributed by atoms with Gasteiger partial charge in [0.15, 0.2) is 0 Å². The number of ether oxygens (including phenoxy) is 1. The maximum atomic E-state index is 11.4. The SMILES string of the molecule is O=C(OC1CCC1)[C@@H]1C[C@H](O)CN1. The lowest BCUT2D eigenvalue weighted by molar-refractivity contribution is -0.155. The second-order valence-electron chi connectivity index (χ2n) is 3.84. The topological polar surface area (TPSA) is 58.6 Å². The molecule has 1 saturated carbocycles. The van der Waals surface area contributed by atoms with Gasteiger partial charge in [-0.3, -0.25) is 4.79 Å². The highest BCUT2D eigenvalue weighted by molar-refractivity contribution is 5.76. The molecule has 2 rings (SSSR count). The lowest BCUT2D eigenvalue weighted by Gasteiger charge is -2.26. The first kappa shape index (κ1) is 8.97. The van der Waals surface area contributed by atoms with E-state index < -0.39 is 0 Å². The highest BCUT2D eigenvalue weighted by Gasteiger charge is 2.32. The minimum absolute atomic E-state index is 0.145. The van der Waals surface area contributed by atoms with E-state index in [2.05, 4.69) is 5.32 Å². The van der Waals surface area contributed by atoms with Crippen LogP contribution in [0.25, 0.3) is 0 Å². The summed E-state index contributed by atoms with van der Waals surface area (Å²) in [6, 6.07) is -0.282. The standard InChI is InChI=1S/C9H15NO3/c11-6-4-8(10-5-6)9(12)13-7-2-1-3-7/h6-8,10-11H,1-5H2/t6-,8-/m0/s1. The minimum atomic E-state index is -0.390. The lowest BCUT2D eigenvalue weighted by Crippen LogP contribution is -2.36. The lowest BCUT2D eigenvalue weighted by atomic mass is 9.96. The number of esters is 1. The predicted octanol–water partition coefficient (Wildman–Crippen LogP) is -0.195. The summed E-state index contributed by atoms with van der Waals surface area (Å²) in [5, 5.41) is 12.1. The second kappa shape index (κ2) is 3.64. The molecule has 1 heterocycles. The highest BCUT2D eigenvalue weighted by atomic mass is 16.5. The van der Waals surface area contributed by atoms with Gasteiger partial charge in [0.2, 0.25) is 0 Å². The molecule has 13 heavy (non-hydrogen) atoms. The number of rotatable bonds is 2. The van der Waals surface area contributed by atoms with E-state index in [-0.39, 0.29) is 24.2 Å². The van der Waals surface area contributed by atoms with Gasteiger partial charge in [-0.1, -0.05) is 0 Å². The quantitative estimate of drug-likeness (QED) is 0.585. The summed E-state index contributed by atoms with van der Waals surface area (Å²) in [6.45, 7) is 0.504. The number of nitrogens with one attached hydrogen (secondary N) is 1. The molecule has 0 unspecified atom stereocenters. The molecule has 0 aromatic carbocycles. The van der Waals surface area contributed by atoms with Crippen molar-refractivity contribution in [2.75, 3.05) is 6.54 Å². The van der Waals surface area contributed by atoms with Gasteiger partial charge in [-0.25, -0.2) is 0 Å². The van der Waals surface area contributed by atoms with Crippen molar-refractivity contribution in [1.29, 1.82) is 0 Å². The number of carbonyl (C=O) groups excluding carboxylic acids is 1. The van der Waals surface area contributed by atoms with Crippen molar-refractivity contribution in [3.05, 3.63) is 0 Å². The predicted molar refractivity (Wildman–Crippen MR) is 46.1 cm³/mol. The van der Waals surface area contributed by atoms with Gasteiger partial charge in [0.05, 0.1) is 6.10 Å². The molecule has 0 aromatic rings. The molecule has 4 heteroatoms. The molecule has 2 fully saturated rings. The van der Waals surface area contributed by atoms with Crippen LogP contribution in [-0.4, -0.2) is 35.9 Å². The summed E-state index contributed by atoms with van der Waals surface area (Å²) in [5.74, 6) is -0.193. The Hall–Kier alpha value is -0.610. The molecular formula is C9H15NO3. The van der Waals surface area contributed by atoms with E-state index in [4.69, 9.17) is 4.74 Å².